The fraction of sp³-hybridized carbons (Fsp3) is 0.480. The van der Waals surface area contributed by atoms with Crippen molar-refractivity contribution in [2.24, 2.45) is 0 Å². The van der Waals surface area contributed by atoms with Gasteiger partial charge in [-0.05, 0) is 44.2 Å². The number of hydrogen-bond acceptors (Lipinski definition) is 8. The minimum Gasteiger partial charge on any atom is -0.471 e. The number of allylic oxidation sites excluding steroid dienone is 1. The average molecular weight is 490 g/mol. The summed E-state index contributed by atoms with van der Waals surface area (Å²) in [4.78, 5) is 6.35. The van der Waals surface area contributed by atoms with Crippen molar-refractivity contribution >= 4 is 11.4 Å². The third kappa shape index (κ3) is 4.84. The molecule has 1 aromatic heterocycles. The van der Waals surface area contributed by atoms with Crippen molar-refractivity contribution < 1.29 is 32.8 Å². The van der Waals surface area contributed by atoms with Crippen molar-refractivity contribution in [3.63, 3.8) is 0 Å². The van der Waals surface area contributed by atoms with Crippen LogP contribution in [-0.4, -0.2) is 74.0 Å². The van der Waals surface area contributed by atoms with Crippen LogP contribution in [0.4, 0.5) is 20.2 Å². The molecule has 0 saturated carbocycles. The molecule has 3 saturated heterocycles. The van der Waals surface area contributed by atoms with Gasteiger partial charge in [0.25, 0.3) is 0 Å². The van der Waals surface area contributed by atoms with Gasteiger partial charge >= 0.3 is 0 Å². The Bertz CT molecular complexity index is 1090. The summed E-state index contributed by atoms with van der Waals surface area (Å²) >= 11 is 0. The van der Waals surface area contributed by atoms with E-state index in [1.807, 2.05) is 11.8 Å². The minimum atomic E-state index is -0.661. The number of benzene rings is 1. The summed E-state index contributed by atoms with van der Waals surface area (Å²) in [6.45, 7) is 6.34. The molecule has 2 N–H and O–H groups in total. The van der Waals surface area contributed by atoms with Gasteiger partial charge in [0.2, 0.25) is 0 Å². The first kappa shape index (κ1) is 23.9. The van der Waals surface area contributed by atoms with Gasteiger partial charge in [-0.2, -0.15) is 0 Å². The van der Waals surface area contributed by atoms with Crippen LogP contribution >= 0.6 is 0 Å². The number of ether oxygens (including phenoxy) is 4. The van der Waals surface area contributed by atoms with E-state index in [-0.39, 0.29) is 36.2 Å². The van der Waals surface area contributed by atoms with E-state index < -0.39 is 17.7 Å². The smallest absolute Gasteiger partial charge is 0.187 e. The molecule has 4 atom stereocenters. The number of nitrogens with zero attached hydrogens (tertiary/aromatic N) is 2. The lowest BCUT2D eigenvalue weighted by Crippen LogP contribution is -2.36. The highest BCUT2D eigenvalue weighted by atomic mass is 19.1. The summed E-state index contributed by atoms with van der Waals surface area (Å²) in [6.07, 6.45) is 0.0142. The molecule has 3 aliphatic heterocycles. The van der Waals surface area contributed by atoms with E-state index in [1.54, 1.807) is 25.1 Å². The number of aliphatic hydroxyl groups excluding tert-OH is 1. The van der Waals surface area contributed by atoms with E-state index in [4.69, 9.17) is 18.9 Å². The number of aromatic nitrogens is 1. The Balaban J connectivity index is 1.30. The standard InChI is InChI=1S/C25H29F2N3O5/c1-3-22(35-21-13-34-24-20(31)12-33-25(21)24)29-18-4-5-19(28-14(18)2)23-16(26)10-15(11-17(23)27)30-6-8-32-9-7-30/h3-5,10-11,20-21,24-25,29,31H,6-9,12-13H2,1-2H3/b22-3+/t20-,21-,24-,25-/m1/s1. The quantitative estimate of drug-likeness (QED) is 0.600. The molecule has 4 heterocycles. The molecule has 35 heavy (non-hydrogen) atoms. The molecule has 0 bridgehead atoms. The highest BCUT2D eigenvalue weighted by Gasteiger charge is 2.48. The summed E-state index contributed by atoms with van der Waals surface area (Å²) < 4.78 is 52.5. The van der Waals surface area contributed by atoms with Gasteiger partial charge in [0.1, 0.15) is 29.9 Å². The first-order valence-corrected chi connectivity index (χ1v) is 11.8. The van der Waals surface area contributed by atoms with Crippen LogP contribution in [0.1, 0.15) is 12.6 Å². The molecule has 0 spiro atoms. The Labute approximate surface area is 202 Å². The van der Waals surface area contributed by atoms with Crippen molar-refractivity contribution in [3.05, 3.63) is 53.6 Å². The second-order valence-corrected chi connectivity index (χ2v) is 8.81. The van der Waals surface area contributed by atoms with Gasteiger partial charge < -0.3 is 34.3 Å². The number of rotatable bonds is 6. The number of pyridine rings is 1. The first-order valence-electron chi connectivity index (χ1n) is 11.8. The molecule has 3 aliphatic rings. The predicted molar refractivity (Wildman–Crippen MR) is 125 cm³/mol. The zero-order valence-electron chi connectivity index (χ0n) is 19.7. The number of halogens is 2. The third-order valence-corrected chi connectivity index (χ3v) is 6.53. The summed E-state index contributed by atoms with van der Waals surface area (Å²) in [5.41, 5.74) is 1.73. The summed E-state index contributed by atoms with van der Waals surface area (Å²) in [5, 5.41) is 13.1. The van der Waals surface area contributed by atoms with E-state index in [0.29, 0.717) is 55.9 Å². The zero-order chi connectivity index (χ0) is 24.5. The van der Waals surface area contributed by atoms with Gasteiger partial charge in [-0.25, -0.2) is 8.78 Å². The van der Waals surface area contributed by atoms with E-state index in [0.717, 1.165) is 0 Å². The van der Waals surface area contributed by atoms with E-state index in [9.17, 15) is 13.9 Å². The molecule has 0 unspecified atom stereocenters. The van der Waals surface area contributed by atoms with Crippen molar-refractivity contribution in [2.45, 2.75) is 38.3 Å². The number of morpholine rings is 1. The van der Waals surface area contributed by atoms with E-state index in [2.05, 4.69) is 10.3 Å². The van der Waals surface area contributed by atoms with Gasteiger partial charge in [0.05, 0.1) is 49.1 Å². The molecule has 3 fully saturated rings. The molecule has 10 heteroatoms. The number of fused-ring (bicyclic) bond motifs is 1. The molecule has 0 amide bonds. The number of nitrogens with one attached hydrogen (secondary N) is 1. The molecule has 8 nitrogen and oxygen atoms in total. The van der Waals surface area contributed by atoms with E-state index >= 15 is 0 Å². The Morgan fingerprint density at radius 3 is 2.54 bits per heavy atom. The highest BCUT2D eigenvalue weighted by Crippen LogP contribution is 2.32. The molecule has 1 aromatic carbocycles. The van der Waals surface area contributed by atoms with Gasteiger partial charge in [0, 0.05) is 18.8 Å². The Morgan fingerprint density at radius 2 is 1.86 bits per heavy atom. The van der Waals surface area contributed by atoms with Gasteiger partial charge in [-0.3, -0.25) is 4.98 Å². The fourth-order valence-corrected chi connectivity index (χ4v) is 4.65. The molecule has 5 rings (SSSR count). The SMILES string of the molecule is C/C=C(\Nc1ccc(-c2c(F)cc(N3CCOCC3)cc2F)nc1C)O[C@@H]1CO[C@H]2[C@@H]1OC[C@H]2O. The molecule has 2 aromatic rings. The second-order valence-electron chi connectivity index (χ2n) is 8.81. The summed E-state index contributed by atoms with van der Waals surface area (Å²) in [7, 11) is 0. The van der Waals surface area contributed by atoms with Crippen LogP contribution in [0.15, 0.2) is 36.2 Å². The average Bonchev–Trinajstić information content (AvgIpc) is 3.43. The Morgan fingerprint density at radius 1 is 1.14 bits per heavy atom. The fourth-order valence-electron chi connectivity index (χ4n) is 4.65. The predicted octanol–water partition coefficient (Wildman–Crippen LogP) is 2.99. The normalized spacial score (nSPS) is 26.7. The zero-order valence-corrected chi connectivity index (χ0v) is 19.7. The van der Waals surface area contributed by atoms with Crippen LogP contribution < -0.4 is 10.2 Å². The maximum absolute atomic E-state index is 15.0. The van der Waals surface area contributed by atoms with Crippen LogP contribution in [0.3, 0.4) is 0 Å². The maximum atomic E-state index is 15.0. The van der Waals surface area contributed by atoms with Crippen molar-refractivity contribution in [1.82, 2.24) is 4.98 Å². The topological polar surface area (TPSA) is 85.3 Å². The Kier molecular flexibility index (Phi) is 6.88. The molecule has 188 valence electrons. The van der Waals surface area contributed by atoms with Crippen molar-refractivity contribution in [3.8, 4) is 11.3 Å². The molecule has 0 aliphatic carbocycles. The van der Waals surface area contributed by atoms with Crippen LogP contribution in [0.25, 0.3) is 11.3 Å². The minimum absolute atomic E-state index is 0.162. The summed E-state index contributed by atoms with van der Waals surface area (Å²) in [6, 6.07) is 5.97. The lowest BCUT2D eigenvalue weighted by molar-refractivity contribution is -0.0104. The van der Waals surface area contributed by atoms with Gasteiger partial charge in [-0.15, -0.1) is 0 Å². The third-order valence-electron chi connectivity index (χ3n) is 6.53. The monoisotopic (exact) mass is 489 g/mol. The van der Waals surface area contributed by atoms with Crippen LogP contribution in [0.2, 0.25) is 0 Å². The van der Waals surface area contributed by atoms with Crippen molar-refractivity contribution in [2.75, 3.05) is 49.7 Å². The highest BCUT2D eigenvalue weighted by molar-refractivity contribution is 5.67. The molecular weight excluding hydrogens is 460 g/mol. The van der Waals surface area contributed by atoms with E-state index in [1.165, 1.54) is 12.1 Å². The second kappa shape index (κ2) is 10.1. The van der Waals surface area contributed by atoms with Crippen LogP contribution in [-0.2, 0) is 18.9 Å². The lowest BCUT2D eigenvalue weighted by Gasteiger charge is -2.29. The maximum Gasteiger partial charge on any atom is 0.187 e. The molecular formula is C25H29F2N3O5. The first-order chi connectivity index (χ1) is 16.9. The van der Waals surface area contributed by atoms with Crippen LogP contribution in [0, 0.1) is 18.6 Å². The summed E-state index contributed by atoms with van der Waals surface area (Å²) in [5.74, 6) is -0.855. The number of hydrogen-bond donors (Lipinski definition) is 2. The number of anilines is 2. The van der Waals surface area contributed by atoms with Gasteiger partial charge in [-0.1, -0.05) is 0 Å². The Hall–Kier alpha value is -2.79. The largest absolute Gasteiger partial charge is 0.471 e. The van der Waals surface area contributed by atoms with Gasteiger partial charge in [0.15, 0.2) is 12.0 Å². The van der Waals surface area contributed by atoms with Crippen LogP contribution in [0.5, 0.6) is 0 Å². The number of aryl methyl sites for hydroxylation is 1. The number of aliphatic hydroxyl groups is 1. The lowest BCUT2D eigenvalue weighted by atomic mass is 10.1. The van der Waals surface area contributed by atoms with Crippen molar-refractivity contribution in [1.29, 1.82) is 0 Å². The molecule has 0 radical (unpaired) electrons.